The average Bonchev–Trinajstić information content (AvgIpc) is 3.77. The van der Waals surface area contributed by atoms with E-state index in [2.05, 4.69) is 4.99 Å². The summed E-state index contributed by atoms with van der Waals surface area (Å²) in [5, 5.41) is 22.6. The van der Waals surface area contributed by atoms with E-state index in [9.17, 15) is 29.8 Å². The number of aromatic nitrogens is 1. The van der Waals surface area contributed by atoms with Gasteiger partial charge in [-0.2, -0.15) is 0 Å². The number of halogens is 1. The highest BCUT2D eigenvalue weighted by Crippen LogP contribution is 2.35. The first-order valence-electron chi connectivity index (χ1n) is 13.6. The van der Waals surface area contributed by atoms with E-state index < -0.39 is 27.4 Å². The number of ether oxygens (including phenoxy) is 1. The molecule has 0 spiro atoms. The maximum Gasteiger partial charge on any atom is 0.338 e. The molecule has 1 atom stereocenters. The smallest absolute Gasteiger partial charge is 0.338 e. The van der Waals surface area contributed by atoms with Crippen molar-refractivity contribution in [2.45, 2.75) is 19.9 Å². The van der Waals surface area contributed by atoms with Crippen LogP contribution in [0.5, 0.6) is 0 Å². The number of hydrogen-bond donors (Lipinski definition) is 0. The molecule has 3 aromatic heterocycles. The quantitative estimate of drug-likeness (QED) is 0.113. The number of hydrogen-bond acceptors (Lipinski definition) is 11. The number of allylic oxidation sites excluding steroid dienone is 1. The minimum atomic E-state index is -1.05. The van der Waals surface area contributed by atoms with Crippen LogP contribution in [0.3, 0.4) is 0 Å². The Kier molecular flexibility index (Phi) is 7.98. The number of fused-ring (bicyclic) bond motifs is 1. The Morgan fingerprint density at radius 1 is 1.04 bits per heavy atom. The van der Waals surface area contributed by atoms with Gasteiger partial charge in [-0.3, -0.25) is 29.6 Å². The summed E-state index contributed by atoms with van der Waals surface area (Å²) in [7, 11) is 0. The summed E-state index contributed by atoms with van der Waals surface area (Å²) in [5.74, 6) is 0.451. The third-order valence-corrected chi connectivity index (χ3v) is 8.38. The number of esters is 1. The fourth-order valence-corrected chi connectivity index (χ4v) is 6.22. The zero-order chi connectivity index (χ0) is 32.7. The van der Waals surface area contributed by atoms with E-state index in [4.69, 9.17) is 25.2 Å². The summed E-state index contributed by atoms with van der Waals surface area (Å²) in [6.07, 6.45) is 1.51. The van der Waals surface area contributed by atoms with E-state index in [1.807, 2.05) is 0 Å². The van der Waals surface area contributed by atoms with Crippen LogP contribution >= 0.6 is 22.9 Å². The van der Waals surface area contributed by atoms with E-state index >= 15 is 0 Å². The molecule has 0 unspecified atom stereocenters. The van der Waals surface area contributed by atoms with Gasteiger partial charge < -0.3 is 13.6 Å². The lowest BCUT2D eigenvalue weighted by molar-refractivity contribution is -0.384. The number of carbonyl (C=O) groups excluding carboxylic acids is 1. The van der Waals surface area contributed by atoms with Gasteiger partial charge >= 0.3 is 5.97 Å². The number of furan rings is 2. The Morgan fingerprint density at radius 2 is 1.78 bits per heavy atom. The number of nitro benzene ring substituents is 2. The molecule has 0 bridgehead atoms. The summed E-state index contributed by atoms with van der Waals surface area (Å²) >= 11 is 7.00. The van der Waals surface area contributed by atoms with Crippen LogP contribution in [-0.4, -0.2) is 27.0 Å². The Morgan fingerprint density at radius 3 is 2.52 bits per heavy atom. The molecule has 2 aromatic carbocycles. The molecule has 0 radical (unpaired) electrons. The fourth-order valence-electron chi connectivity index (χ4n) is 5.01. The zero-order valence-electron chi connectivity index (χ0n) is 24.0. The van der Waals surface area contributed by atoms with Gasteiger partial charge in [0.05, 0.1) is 32.3 Å². The molecular weight excluding hydrogens is 640 g/mol. The molecule has 13 nitrogen and oxygen atoms in total. The molecule has 0 aliphatic carbocycles. The van der Waals surface area contributed by atoms with Crippen LogP contribution < -0.4 is 14.9 Å². The Bertz CT molecular complexity index is 2280. The molecule has 6 rings (SSSR count). The highest BCUT2D eigenvalue weighted by molar-refractivity contribution is 7.07. The number of thiazole rings is 1. The van der Waals surface area contributed by atoms with E-state index in [1.54, 1.807) is 50.2 Å². The molecule has 0 N–H and O–H groups in total. The van der Waals surface area contributed by atoms with Gasteiger partial charge in [0.15, 0.2) is 4.80 Å². The Labute approximate surface area is 267 Å². The first kappa shape index (κ1) is 30.4. The van der Waals surface area contributed by atoms with Gasteiger partial charge in [-0.15, -0.1) is 0 Å². The Hall–Kier alpha value is -5.60. The van der Waals surface area contributed by atoms with Crippen LogP contribution in [-0.2, 0) is 9.53 Å². The summed E-state index contributed by atoms with van der Waals surface area (Å²) in [6.45, 7) is 3.37. The third-order valence-electron chi connectivity index (χ3n) is 7.08. The van der Waals surface area contributed by atoms with Crippen LogP contribution in [0.4, 0.5) is 11.4 Å². The van der Waals surface area contributed by atoms with Gasteiger partial charge in [0.25, 0.3) is 16.9 Å². The van der Waals surface area contributed by atoms with Crippen LogP contribution in [0.2, 0.25) is 5.02 Å². The lowest BCUT2D eigenvalue weighted by Crippen LogP contribution is -2.39. The lowest BCUT2D eigenvalue weighted by Gasteiger charge is -2.22. The average molecular weight is 661 g/mol. The van der Waals surface area contributed by atoms with Crippen molar-refractivity contribution in [3.05, 3.63) is 134 Å². The number of carbonyl (C=O) groups is 1. The van der Waals surface area contributed by atoms with Gasteiger partial charge in [0.1, 0.15) is 34.1 Å². The van der Waals surface area contributed by atoms with Crippen LogP contribution in [0.25, 0.3) is 28.7 Å². The molecule has 1 aliphatic heterocycles. The van der Waals surface area contributed by atoms with Gasteiger partial charge in [-0.1, -0.05) is 35.1 Å². The van der Waals surface area contributed by atoms with E-state index in [0.717, 1.165) is 11.3 Å². The van der Waals surface area contributed by atoms with Crippen molar-refractivity contribution in [3.8, 4) is 22.6 Å². The van der Waals surface area contributed by atoms with Crippen LogP contribution in [0.1, 0.15) is 31.4 Å². The topological polar surface area (TPSA) is 173 Å². The van der Waals surface area contributed by atoms with E-state index in [-0.39, 0.29) is 38.9 Å². The highest BCUT2D eigenvalue weighted by atomic mass is 35.5. The normalized spacial score (nSPS) is 14.6. The third kappa shape index (κ3) is 5.55. The molecule has 5 aromatic rings. The van der Waals surface area contributed by atoms with Gasteiger partial charge in [-0.05, 0) is 50.2 Å². The lowest BCUT2D eigenvalue weighted by atomic mass is 10.0. The van der Waals surface area contributed by atoms with Crippen molar-refractivity contribution < 1.29 is 28.2 Å². The highest BCUT2D eigenvalue weighted by Gasteiger charge is 2.35. The molecule has 4 heterocycles. The second kappa shape index (κ2) is 12.1. The minimum absolute atomic E-state index is 0.0116. The summed E-state index contributed by atoms with van der Waals surface area (Å²) in [4.78, 5) is 53.5. The summed E-state index contributed by atoms with van der Waals surface area (Å²) in [6, 6.07) is 15.5. The monoisotopic (exact) mass is 660 g/mol. The van der Waals surface area contributed by atoms with Crippen molar-refractivity contribution in [2.75, 3.05) is 6.61 Å². The van der Waals surface area contributed by atoms with E-state index in [0.29, 0.717) is 38.9 Å². The predicted molar refractivity (Wildman–Crippen MR) is 167 cm³/mol. The summed E-state index contributed by atoms with van der Waals surface area (Å²) in [5.41, 5.74) is 0.401. The number of nitrogens with zero attached hydrogens (tertiary/aromatic N) is 4. The molecule has 0 amide bonds. The molecule has 46 heavy (non-hydrogen) atoms. The van der Waals surface area contributed by atoms with Crippen LogP contribution in [0, 0.1) is 20.2 Å². The Balaban J connectivity index is 1.44. The molecular formula is C31H21ClN4O9S. The molecule has 1 aliphatic rings. The van der Waals surface area contributed by atoms with Crippen molar-refractivity contribution in [2.24, 2.45) is 4.99 Å². The van der Waals surface area contributed by atoms with Gasteiger partial charge in [0.2, 0.25) is 0 Å². The first-order valence-corrected chi connectivity index (χ1v) is 14.8. The maximum absolute atomic E-state index is 13.9. The van der Waals surface area contributed by atoms with Gasteiger partial charge in [-0.25, -0.2) is 9.79 Å². The van der Waals surface area contributed by atoms with Crippen molar-refractivity contribution in [3.63, 3.8) is 0 Å². The largest absolute Gasteiger partial charge is 0.463 e. The second-order valence-corrected chi connectivity index (χ2v) is 11.4. The van der Waals surface area contributed by atoms with Crippen molar-refractivity contribution >= 4 is 46.4 Å². The molecule has 0 fully saturated rings. The number of benzene rings is 2. The maximum atomic E-state index is 13.9. The summed E-state index contributed by atoms with van der Waals surface area (Å²) < 4.78 is 18.9. The van der Waals surface area contributed by atoms with Gasteiger partial charge in [0, 0.05) is 35.4 Å². The standard InChI is InChI=1S/C31H21ClN4O9S/c1-3-43-30(38)27-16(2)33-31-34(28(27)25-12-11-24(45-25)17-5-4-6-19(13-17)35(39)40)29(37)26(46-31)15-20-8-10-23(44-20)18-7-9-21(32)22(14-18)36(41)42/h4-15,28H,3H2,1-2H3/b26-15-/t28-/m1/s1. The van der Waals surface area contributed by atoms with Crippen molar-refractivity contribution in [1.82, 2.24) is 4.57 Å². The second-order valence-electron chi connectivity index (χ2n) is 9.94. The zero-order valence-corrected chi connectivity index (χ0v) is 25.5. The predicted octanol–water partition coefficient (Wildman–Crippen LogP) is 5.79. The number of non-ortho nitro benzene ring substituents is 1. The number of nitro groups is 2. The van der Waals surface area contributed by atoms with Crippen molar-refractivity contribution in [1.29, 1.82) is 0 Å². The molecule has 15 heteroatoms. The fraction of sp³-hybridized carbons (Fsp3) is 0.129. The van der Waals surface area contributed by atoms with E-state index in [1.165, 1.54) is 41.0 Å². The number of rotatable bonds is 8. The molecule has 0 saturated carbocycles. The van der Waals surface area contributed by atoms with Crippen LogP contribution in [0.15, 0.2) is 96.6 Å². The SMILES string of the molecule is CCOC(=O)C1=C(C)N=c2s/c(=C\c3ccc(-c4ccc(Cl)c([N+](=O)[O-])c4)o3)c(=O)n2[C@@H]1c1ccc(-c2cccc([N+](=O)[O-])c2)o1. The first-order chi connectivity index (χ1) is 22.0. The minimum Gasteiger partial charge on any atom is -0.463 e. The molecule has 232 valence electrons. The molecule has 0 saturated heterocycles.